The summed E-state index contributed by atoms with van der Waals surface area (Å²) in [6, 6.07) is 6.97. The van der Waals surface area contributed by atoms with Crippen LogP contribution in [0.3, 0.4) is 0 Å². The van der Waals surface area contributed by atoms with Crippen molar-refractivity contribution < 1.29 is 13.7 Å². The Kier molecular flexibility index (Phi) is 3.64. The normalized spacial score (nSPS) is 12.1. The van der Waals surface area contributed by atoms with Crippen LogP contribution in [0.4, 0.5) is 0 Å². The van der Waals surface area contributed by atoms with E-state index in [2.05, 4.69) is 0 Å². The van der Waals surface area contributed by atoms with E-state index >= 15 is 0 Å². The number of methoxy groups -OCH3 is 1. The zero-order valence-corrected chi connectivity index (χ0v) is 8.04. The molecule has 1 rings (SSSR count). The van der Waals surface area contributed by atoms with Crippen LogP contribution in [0.15, 0.2) is 29.2 Å². The van der Waals surface area contributed by atoms with Gasteiger partial charge in [-0.3, -0.25) is 4.21 Å². The average Bonchev–Trinajstić information content (AvgIpc) is 2.18. The van der Waals surface area contributed by atoms with Crippen LogP contribution in [0.1, 0.15) is 0 Å². The summed E-state index contributed by atoms with van der Waals surface area (Å²) >= 11 is 0. The lowest BCUT2D eigenvalue weighted by molar-refractivity contribution is -0.105. The number of carbonyl (C=O) groups is 1. The van der Waals surface area contributed by atoms with E-state index in [0.29, 0.717) is 16.9 Å². The largest absolute Gasteiger partial charge is 0.495 e. The van der Waals surface area contributed by atoms with Gasteiger partial charge in [-0.15, -0.1) is 0 Å². The van der Waals surface area contributed by atoms with Crippen LogP contribution in [0, 0.1) is 0 Å². The van der Waals surface area contributed by atoms with Crippen LogP contribution in [-0.2, 0) is 15.6 Å². The van der Waals surface area contributed by atoms with E-state index in [1.165, 1.54) is 7.11 Å². The van der Waals surface area contributed by atoms with Crippen molar-refractivity contribution in [2.24, 2.45) is 0 Å². The molecule has 0 fully saturated rings. The molecule has 0 saturated heterocycles. The minimum atomic E-state index is -1.29. The van der Waals surface area contributed by atoms with Gasteiger partial charge in [0.05, 0.1) is 28.6 Å². The monoisotopic (exact) mass is 198 g/mol. The summed E-state index contributed by atoms with van der Waals surface area (Å²) in [5, 5.41) is 0. The lowest BCUT2D eigenvalue weighted by Gasteiger charge is -2.05. The molecule has 0 saturated carbocycles. The minimum absolute atomic E-state index is 0.0143. The second kappa shape index (κ2) is 4.77. The molecule has 0 amide bonds. The Labute approximate surface area is 79.2 Å². The van der Waals surface area contributed by atoms with Gasteiger partial charge >= 0.3 is 0 Å². The molecule has 0 N–H and O–H groups in total. The molecule has 4 heteroatoms. The van der Waals surface area contributed by atoms with Crippen molar-refractivity contribution >= 4 is 17.1 Å². The predicted molar refractivity (Wildman–Crippen MR) is 50.3 cm³/mol. The van der Waals surface area contributed by atoms with E-state index in [4.69, 9.17) is 4.74 Å². The van der Waals surface area contributed by atoms with Crippen molar-refractivity contribution in [3.63, 3.8) is 0 Å². The fourth-order valence-electron chi connectivity index (χ4n) is 0.958. The van der Waals surface area contributed by atoms with Gasteiger partial charge in [0.25, 0.3) is 0 Å². The van der Waals surface area contributed by atoms with Gasteiger partial charge in [-0.2, -0.15) is 0 Å². The third kappa shape index (κ3) is 2.39. The van der Waals surface area contributed by atoms with E-state index in [1.54, 1.807) is 24.3 Å². The Bertz CT molecular complexity index is 322. The SMILES string of the molecule is COc1ccccc1S(=O)CC=O. The first-order valence-electron chi connectivity index (χ1n) is 3.74. The third-order valence-corrected chi connectivity index (χ3v) is 2.80. The van der Waals surface area contributed by atoms with Crippen LogP contribution in [-0.4, -0.2) is 23.4 Å². The molecule has 0 heterocycles. The highest BCUT2D eigenvalue weighted by molar-refractivity contribution is 7.85. The average molecular weight is 198 g/mol. The number of hydrogen-bond acceptors (Lipinski definition) is 3. The van der Waals surface area contributed by atoms with Crippen LogP contribution in [0.2, 0.25) is 0 Å². The predicted octanol–water partition coefficient (Wildman–Crippen LogP) is 1.00. The van der Waals surface area contributed by atoms with Gasteiger partial charge in [-0.1, -0.05) is 12.1 Å². The molecule has 13 heavy (non-hydrogen) atoms. The second-order valence-corrected chi connectivity index (χ2v) is 3.79. The maximum Gasteiger partial charge on any atom is 0.134 e. The maximum absolute atomic E-state index is 11.4. The fourth-order valence-corrected chi connectivity index (χ4v) is 1.87. The lowest BCUT2D eigenvalue weighted by atomic mass is 10.3. The van der Waals surface area contributed by atoms with E-state index in [-0.39, 0.29) is 5.75 Å². The molecule has 1 atom stereocenters. The van der Waals surface area contributed by atoms with Gasteiger partial charge in [-0.25, -0.2) is 0 Å². The molecule has 0 radical (unpaired) electrons. The quantitative estimate of drug-likeness (QED) is 0.678. The number of ether oxygens (including phenoxy) is 1. The van der Waals surface area contributed by atoms with Crippen LogP contribution >= 0.6 is 0 Å². The van der Waals surface area contributed by atoms with E-state index in [1.807, 2.05) is 0 Å². The van der Waals surface area contributed by atoms with Crippen molar-refractivity contribution in [1.82, 2.24) is 0 Å². The molecule has 1 unspecified atom stereocenters. The Morgan fingerprint density at radius 1 is 1.46 bits per heavy atom. The first-order chi connectivity index (χ1) is 6.29. The molecular weight excluding hydrogens is 188 g/mol. The van der Waals surface area contributed by atoms with E-state index in [9.17, 15) is 9.00 Å². The summed E-state index contributed by atoms with van der Waals surface area (Å²) in [6.07, 6.45) is 0.641. The zero-order valence-electron chi connectivity index (χ0n) is 7.23. The molecule has 0 aliphatic heterocycles. The number of hydrogen-bond donors (Lipinski definition) is 0. The molecule has 1 aromatic carbocycles. The van der Waals surface area contributed by atoms with Crippen LogP contribution in [0.25, 0.3) is 0 Å². The van der Waals surface area contributed by atoms with Gasteiger partial charge < -0.3 is 9.53 Å². The molecule has 0 aliphatic rings. The summed E-state index contributed by atoms with van der Waals surface area (Å²) in [4.78, 5) is 10.7. The molecule has 1 aromatic rings. The van der Waals surface area contributed by atoms with Gasteiger partial charge in [0, 0.05) is 0 Å². The molecule has 70 valence electrons. The first-order valence-corrected chi connectivity index (χ1v) is 5.06. The maximum atomic E-state index is 11.4. The Hall–Kier alpha value is -1.16. The lowest BCUT2D eigenvalue weighted by Crippen LogP contribution is -2.01. The first kappa shape index (κ1) is 9.92. The third-order valence-electron chi connectivity index (χ3n) is 1.53. The van der Waals surface area contributed by atoms with Gasteiger partial charge in [0.1, 0.15) is 12.0 Å². The number of rotatable bonds is 4. The minimum Gasteiger partial charge on any atom is -0.495 e. The zero-order chi connectivity index (χ0) is 9.68. The van der Waals surface area contributed by atoms with Crippen molar-refractivity contribution in [1.29, 1.82) is 0 Å². The highest BCUT2D eigenvalue weighted by Gasteiger charge is 2.08. The summed E-state index contributed by atoms with van der Waals surface area (Å²) < 4.78 is 16.4. The number of para-hydroxylation sites is 1. The molecule has 0 aliphatic carbocycles. The highest BCUT2D eigenvalue weighted by atomic mass is 32.2. The Morgan fingerprint density at radius 3 is 2.77 bits per heavy atom. The van der Waals surface area contributed by atoms with E-state index < -0.39 is 10.8 Å². The Morgan fingerprint density at radius 2 is 2.15 bits per heavy atom. The molecule has 0 bridgehead atoms. The van der Waals surface area contributed by atoms with Crippen LogP contribution < -0.4 is 4.74 Å². The molecule has 3 nitrogen and oxygen atoms in total. The molecule has 0 aromatic heterocycles. The van der Waals surface area contributed by atoms with Gasteiger partial charge in [-0.05, 0) is 12.1 Å². The van der Waals surface area contributed by atoms with E-state index in [0.717, 1.165) is 0 Å². The number of benzene rings is 1. The standard InChI is InChI=1S/C9H10O3S/c1-12-8-4-2-3-5-9(8)13(11)7-6-10/h2-6H,7H2,1H3. The fraction of sp³-hybridized carbons (Fsp3) is 0.222. The van der Waals surface area contributed by atoms with Gasteiger partial charge in [0.2, 0.25) is 0 Å². The van der Waals surface area contributed by atoms with Gasteiger partial charge in [0.15, 0.2) is 0 Å². The summed E-state index contributed by atoms with van der Waals surface area (Å²) in [7, 11) is 0.223. The summed E-state index contributed by atoms with van der Waals surface area (Å²) in [6.45, 7) is 0. The van der Waals surface area contributed by atoms with Crippen molar-refractivity contribution in [3.8, 4) is 5.75 Å². The highest BCUT2D eigenvalue weighted by Crippen LogP contribution is 2.20. The molecular formula is C9H10O3S. The van der Waals surface area contributed by atoms with Crippen molar-refractivity contribution in [2.75, 3.05) is 12.9 Å². The number of carbonyl (C=O) groups excluding carboxylic acids is 1. The Balaban J connectivity index is 2.98. The van der Waals surface area contributed by atoms with Crippen molar-refractivity contribution in [3.05, 3.63) is 24.3 Å². The van der Waals surface area contributed by atoms with Crippen molar-refractivity contribution in [2.45, 2.75) is 4.90 Å². The summed E-state index contributed by atoms with van der Waals surface area (Å²) in [5.74, 6) is 0.572. The summed E-state index contributed by atoms with van der Waals surface area (Å²) in [5.41, 5.74) is 0. The number of aldehydes is 1. The molecule has 0 spiro atoms. The topological polar surface area (TPSA) is 43.4 Å². The smallest absolute Gasteiger partial charge is 0.134 e. The second-order valence-electron chi connectivity index (χ2n) is 2.33. The van der Waals surface area contributed by atoms with Crippen LogP contribution in [0.5, 0.6) is 5.75 Å².